The standard InChI is InChI=1S/C10H15N5O3S/c11-15-9-6-12-5-8(14-9)10(16)13-7-1-3-19(17,18)4-2-7/h5-7H,1-4,11H2,(H,13,16)(H,14,15). The molecule has 1 aliphatic rings. The Morgan fingerprint density at radius 1 is 1.32 bits per heavy atom. The molecule has 2 rings (SSSR count). The van der Waals surface area contributed by atoms with Crippen molar-refractivity contribution in [2.45, 2.75) is 18.9 Å². The van der Waals surface area contributed by atoms with Gasteiger partial charge in [0, 0.05) is 6.04 Å². The molecule has 0 unspecified atom stereocenters. The van der Waals surface area contributed by atoms with E-state index in [0.717, 1.165) is 0 Å². The van der Waals surface area contributed by atoms with Crippen molar-refractivity contribution >= 4 is 21.6 Å². The molecule has 1 fully saturated rings. The van der Waals surface area contributed by atoms with Gasteiger partial charge in [0.2, 0.25) is 0 Å². The molecule has 19 heavy (non-hydrogen) atoms. The number of nitrogens with zero attached hydrogens (tertiary/aromatic N) is 2. The molecule has 4 N–H and O–H groups in total. The van der Waals surface area contributed by atoms with E-state index >= 15 is 0 Å². The molecule has 1 amide bonds. The van der Waals surface area contributed by atoms with Gasteiger partial charge in [0.05, 0.1) is 23.9 Å². The van der Waals surface area contributed by atoms with Gasteiger partial charge in [-0.25, -0.2) is 19.2 Å². The first-order valence-corrected chi connectivity index (χ1v) is 7.62. The third kappa shape index (κ3) is 3.61. The molecule has 0 saturated carbocycles. The van der Waals surface area contributed by atoms with Crippen LogP contribution in [-0.4, -0.2) is 41.8 Å². The number of aromatic nitrogens is 2. The number of rotatable bonds is 3. The highest BCUT2D eigenvalue weighted by Crippen LogP contribution is 2.12. The lowest BCUT2D eigenvalue weighted by Gasteiger charge is -2.22. The van der Waals surface area contributed by atoms with Crippen LogP contribution in [0.15, 0.2) is 12.4 Å². The van der Waals surface area contributed by atoms with Crippen molar-refractivity contribution in [3.05, 3.63) is 18.1 Å². The Hall–Kier alpha value is -1.74. The molecule has 0 atom stereocenters. The summed E-state index contributed by atoms with van der Waals surface area (Å²) in [5, 5.41) is 2.75. The number of amides is 1. The number of nitrogens with one attached hydrogen (secondary N) is 2. The van der Waals surface area contributed by atoms with Crippen LogP contribution in [0, 0.1) is 0 Å². The number of hydrogen-bond acceptors (Lipinski definition) is 7. The zero-order valence-corrected chi connectivity index (χ0v) is 11.0. The molecule has 2 heterocycles. The average molecular weight is 285 g/mol. The number of hydrogen-bond donors (Lipinski definition) is 3. The maximum Gasteiger partial charge on any atom is 0.271 e. The lowest BCUT2D eigenvalue weighted by molar-refractivity contribution is 0.0929. The van der Waals surface area contributed by atoms with E-state index in [-0.39, 0.29) is 29.1 Å². The van der Waals surface area contributed by atoms with E-state index in [4.69, 9.17) is 5.84 Å². The Morgan fingerprint density at radius 3 is 2.63 bits per heavy atom. The third-order valence-corrected chi connectivity index (χ3v) is 4.62. The van der Waals surface area contributed by atoms with Crippen LogP contribution in [0.2, 0.25) is 0 Å². The lowest BCUT2D eigenvalue weighted by Crippen LogP contribution is -2.41. The molecular formula is C10H15N5O3S. The van der Waals surface area contributed by atoms with E-state index < -0.39 is 9.84 Å². The summed E-state index contributed by atoms with van der Waals surface area (Å²) in [6.45, 7) is 0. The first-order chi connectivity index (χ1) is 9.00. The molecule has 0 aliphatic carbocycles. The molecule has 1 saturated heterocycles. The first-order valence-electron chi connectivity index (χ1n) is 5.80. The van der Waals surface area contributed by atoms with E-state index in [1.165, 1.54) is 12.4 Å². The minimum atomic E-state index is -2.93. The highest BCUT2D eigenvalue weighted by molar-refractivity contribution is 7.91. The second-order valence-electron chi connectivity index (χ2n) is 4.33. The minimum Gasteiger partial charge on any atom is -0.348 e. The van der Waals surface area contributed by atoms with Crippen molar-refractivity contribution in [2.24, 2.45) is 5.84 Å². The van der Waals surface area contributed by atoms with E-state index in [1.54, 1.807) is 0 Å². The first kappa shape index (κ1) is 13.7. The van der Waals surface area contributed by atoms with Crippen molar-refractivity contribution in [2.75, 3.05) is 16.9 Å². The van der Waals surface area contributed by atoms with Crippen LogP contribution in [-0.2, 0) is 9.84 Å². The summed E-state index contributed by atoms with van der Waals surface area (Å²) < 4.78 is 22.6. The van der Waals surface area contributed by atoms with Gasteiger partial charge in [-0.2, -0.15) is 0 Å². The quantitative estimate of drug-likeness (QED) is 0.483. The summed E-state index contributed by atoms with van der Waals surface area (Å²) in [5.41, 5.74) is 2.45. The van der Waals surface area contributed by atoms with Crippen LogP contribution < -0.4 is 16.6 Å². The summed E-state index contributed by atoms with van der Waals surface area (Å²) >= 11 is 0. The van der Waals surface area contributed by atoms with Crippen LogP contribution in [0.4, 0.5) is 5.82 Å². The van der Waals surface area contributed by atoms with Crippen molar-refractivity contribution in [1.29, 1.82) is 0 Å². The van der Waals surface area contributed by atoms with Gasteiger partial charge in [-0.15, -0.1) is 0 Å². The van der Waals surface area contributed by atoms with Crippen LogP contribution in [0.5, 0.6) is 0 Å². The average Bonchev–Trinajstić information content (AvgIpc) is 2.41. The Kier molecular flexibility index (Phi) is 3.96. The number of anilines is 1. The highest BCUT2D eigenvalue weighted by atomic mass is 32.2. The van der Waals surface area contributed by atoms with Gasteiger partial charge in [-0.1, -0.05) is 0 Å². The predicted octanol–water partition coefficient (Wildman–Crippen LogP) is -0.931. The van der Waals surface area contributed by atoms with Gasteiger partial charge < -0.3 is 10.7 Å². The van der Waals surface area contributed by atoms with E-state index in [9.17, 15) is 13.2 Å². The lowest BCUT2D eigenvalue weighted by atomic mass is 10.1. The number of carbonyl (C=O) groups is 1. The topological polar surface area (TPSA) is 127 Å². The van der Waals surface area contributed by atoms with Crippen LogP contribution >= 0.6 is 0 Å². The summed E-state index contributed by atoms with van der Waals surface area (Å²) in [4.78, 5) is 19.7. The van der Waals surface area contributed by atoms with Gasteiger partial charge in [0.25, 0.3) is 5.91 Å². The third-order valence-electron chi connectivity index (χ3n) is 2.90. The van der Waals surface area contributed by atoms with Gasteiger partial charge in [0.15, 0.2) is 5.82 Å². The molecular weight excluding hydrogens is 270 g/mol. The van der Waals surface area contributed by atoms with E-state index in [2.05, 4.69) is 20.7 Å². The minimum absolute atomic E-state index is 0.105. The van der Waals surface area contributed by atoms with Gasteiger partial charge in [0.1, 0.15) is 15.5 Å². The monoisotopic (exact) mass is 285 g/mol. The molecule has 0 radical (unpaired) electrons. The largest absolute Gasteiger partial charge is 0.348 e. The predicted molar refractivity (Wildman–Crippen MR) is 69.0 cm³/mol. The summed E-state index contributed by atoms with van der Waals surface area (Å²) in [6, 6.07) is -0.146. The molecule has 1 aliphatic heterocycles. The number of carbonyl (C=O) groups excluding carboxylic acids is 1. The normalized spacial score (nSPS) is 18.8. The molecule has 8 nitrogen and oxygen atoms in total. The van der Waals surface area contributed by atoms with Crippen LogP contribution in [0.25, 0.3) is 0 Å². The van der Waals surface area contributed by atoms with E-state index in [1.807, 2.05) is 0 Å². The zero-order valence-electron chi connectivity index (χ0n) is 10.2. The molecule has 1 aromatic rings. The molecule has 0 bridgehead atoms. The van der Waals surface area contributed by atoms with Crippen molar-refractivity contribution in [3.63, 3.8) is 0 Å². The molecule has 1 aromatic heterocycles. The molecule has 9 heteroatoms. The van der Waals surface area contributed by atoms with Crippen molar-refractivity contribution in [3.8, 4) is 0 Å². The fraction of sp³-hybridized carbons (Fsp3) is 0.500. The van der Waals surface area contributed by atoms with Gasteiger partial charge in [-0.05, 0) is 12.8 Å². The second-order valence-corrected chi connectivity index (χ2v) is 6.64. The molecule has 104 valence electrons. The van der Waals surface area contributed by atoms with E-state index in [0.29, 0.717) is 18.7 Å². The SMILES string of the molecule is NNc1cncc(C(=O)NC2CCS(=O)(=O)CC2)n1. The Morgan fingerprint density at radius 2 is 2.00 bits per heavy atom. The smallest absolute Gasteiger partial charge is 0.271 e. The number of nitrogen functional groups attached to an aromatic ring is 1. The van der Waals surface area contributed by atoms with Crippen LogP contribution in [0.1, 0.15) is 23.3 Å². The maximum absolute atomic E-state index is 11.9. The maximum atomic E-state index is 11.9. The number of sulfone groups is 1. The highest BCUT2D eigenvalue weighted by Gasteiger charge is 2.25. The van der Waals surface area contributed by atoms with Crippen LogP contribution in [0.3, 0.4) is 0 Å². The Balaban J connectivity index is 1.98. The second kappa shape index (κ2) is 5.49. The molecule has 0 spiro atoms. The summed E-state index contributed by atoms with van der Waals surface area (Å²) in [5.74, 6) is 5.30. The zero-order chi connectivity index (χ0) is 13.9. The fourth-order valence-corrected chi connectivity index (χ4v) is 3.33. The fourth-order valence-electron chi connectivity index (χ4n) is 1.84. The van der Waals surface area contributed by atoms with Gasteiger partial charge in [-0.3, -0.25) is 9.78 Å². The summed E-state index contributed by atoms with van der Waals surface area (Å²) in [6.07, 6.45) is 3.58. The van der Waals surface area contributed by atoms with Gasteiger partial charge >= 0.3 is 0 Å². The van der Waals surface area contributed by atoms with Crippen molar-refractivity contribution < 1.29 is 13.2 Å². The number of hydrazine groups is 1. The van der Waals surface area contributed by atoms with Crippen molar-refractivity contribution in [1.82, 2.24) is 15.3 Å². The number of nitrogens with two attached hydrogens (primary N) is 1. The Bertz CT molecular complexity index is 560. The summed E-state index contributed by atoms with van der Waals surface area (Å²) in [7, 11) is -2.93. The molecule has 0 aromatic carbocycles. The Labute approximate surface area is 110 Å².